The number of nitrogens with one attached hydrogen (secondary N) is 1. The first kappa shape index (κ1) is 15.7. The van der Waals surface area contributed by atoms with Crippen molar-refractivity contribution in [3.05, 3.63) is 34.9 Å². The molecule has 0 heterocycles. The number of esters is 1. The van der Waals surface area contributed by atoms with Crippen LogP contribution in [-0.2, 0) is 9.53 Å². The number of aryl methyl sites for hydroxylation is 2. The summed E-state index contributed by atoms with van der Waals surface area (Å²) in [6.45, 7) is 4.06. The third-order valence-electron chi connectivity index (χ3n) is 3.51. The van der Waals surface area contributed by atoms with Gasteiger partial charge in [-0.2, -0.15) is 0 Å². The third kappa shape index (κ3) is 4.33. The Hall–Kier alpha value is -1.39. The standard InChI is InChI=1S/C15H23NO3/c1-10-5-6-12(9-11(10)2)15(18)13(16-3)7-8-14(17)19-4/h5-6,9,13,15-16,18H,7-8H2,1-4H3. The first-order chi connectivity index (χ1) is 8.99. The van der Waals surface area contributed by atoms with Crippen LogP contribution in [0.3, 0.4) is 0 Å². The minimum Gasteiger partial charge on any atom is -0.469 e. The van der Waals surface area contributed by atoms with Crippen LogP contribution < -0.4 is 5.32 Å². The van der Waals surface area contributed by atoms with Crippen molar-refractivity contribution in [3.63, 3.8) is 0 Å². The van der Waals surface area contributed by atoms with Crippen LogP contribution in [0.1, 0.15) is 35.6 Å². The number of benzene rings is 1. The summed E-state index contributed by atoms with van der Waals surface area (Å²) in [5.74, 6) is -0.257. The van der Waals surface area contributed by atoms with Gasteiger partial charge in [0.1, 0.15) is 0 Å². The van der Waals surface area contributed by atoms with E-state index in [0.29, 0.717) is 12.8 Å². The van der Waals surface area contributed by atoms with E-state index < -0.39 is 6.10 Å². The number of rotatable bonds is 6. The van der Waals surface area contributed by atoms with Gasteiger partial charge in [0.05, 0.1) is 13.2 Å². The molecule has 0 aliphatic rings. The molecule has 0 spiro atoms. The van der Waals surface area contributed by atoms with E-state index in [1.165, 1.54) is 12.7 Å². The highest BCUT2D eigenvalue weighted by Gasteiger charge is 2.20. The molecule has 0 saturated carbocycles. The van der Waals surface area contributed by atoms with Gasteiger partial charge < -0.3 is 15.2 Å². The molecule has 1 aromatic carbocycles. The maximum Gasteiger partial charge on any atom is 0.305 e. The van der Waals surface area contributed by atoms with Crippen molar-refractivity contribution in [1.29, 1.82) is 0 Å². The highest BCUT2D eigenvalue weighted by atomic mass is 16.5. The molecule has 4 nitrogen and oxygen atoms in total. The maximum atomic E-state index is 11.2. The third-order valence-corrected chi connectivity index (χ3v) is 3.51. The Morgan fingerprint density at radius 1 is 1.37 bits per heavy atom. The second-order valence-electron chi connectivity index (χ2n) is 4.80. The van der Waals surface area contributed by atoms with Crippen LogP contribution in [0.25, 0.3) is 0 Å². The van der Waals surface area contributed by atoms with Gasteiger partial charge in [-0.05, 0) is 44.0 Å². The average molecular weight is 265 g/mol. The van der Waals surface area contributed by atoms with Crippen molar-refractivity contribution >= 4 is 5.97 Å². The van der Waals surface area contributed by atoms with Crippen LogP contribution in [0.4, 0.5) is 0 Å². The Kier molecular flexibility index (Phi) is 5.99. The topological polar surface area (TPSA) is 58.6 Å². The minimum atomic E-state index is -0.631. The molecule has 0 saturated heterocycles. The van der Waals surface area contributed by atoms with Crippen molar-refractivity contribution in [2.24, 2.45) is 0 Å². The Labute approximate surface area is 114 Å². The molecule has 0 amide bonds. The zero-order chi connectivity index (χ0) is 14.4. The van der Waals surface area contributed by atoms with E-state index in [0.717, 1.165) is 11.1 Å². The number of likely N-dealkylation sites (N-methyl/N-ethyl adjacent to an activating group) is 1. The first-order valence-electron chi connectivity index (χ1n) is 6.49. The smallest absolute Gasteiger partial charge is 0.305 e. The Bertz CT molecular complexity index is 431. The maximum absolute atomic E-state index is 11.2. The molecular formula is C15H23NO3. The number of carbonyl (C=O) groups is 1. The molecule has 2 N–H and O–H groups in total. The second-order valence-corrected chi connectivity index (χ2v) is 4.80. The lowest BCUT2D eigenvalue weighted by molar-refractivity contribution is -0.140. The van der Waals surface area contributed by atoms with Gasteiger partial charge >= 0.3 is 5.97 Å². The lowest BCUT2D eigenvalue weighted by atomic mass is 9.96. The van der Waals surface area contributed by atoms with Gasteiger partial charge in [-0.25, -0.2) is 0 Å². The predicted octanol–water partition coefficient (Wildman–Crippen LogP) is 1.88. The van der Waals surface area contributed by atoms with E-state index >= 15 is 0 Å². The number of aliphatic hydroxyl groups excluding tert-OH is 1. The Balaban J connectivity index is 2.74. The molecule has 0 fully saturated rings. The number of aliphatic hydroxyl groups is 1. The summed E-state index contributed by atoms with van der Waals surface area (Å²) in [5, 5.41) is 13.4. The zero-order valence-corrected chi connectivity index (χ0v) is 12.1. The summed E-state index contributed by atoms with van der Waals surface area (Å²) < 4.78 is 4.62. The summed E-state index contributed by atoms with van der Waals surface area (Å²) in [5.41, 5.74) is 3.22. The quantitative estimate of drug-likeness (QED) is 0.771. The average Bonchev–Trinajstić information content (AvgIpc) is 2.41. The fourth-order valence-electron chi connectivity index (χ4n) is 2.02. The summed E-state index contributed by atoms with van der Waals surface area (Å²) in [6, 6.07) is 5.75. The van der Waals surface area contributed by atoms with Gasteiger partial charge in [-0.15, -0.1) is 0 Å². The number of methoxy groups -OCH3 is 1. The Morgan fingerprint density at radius 2 is 2.05 bits per heavy atom. The summed E-state index contributed by atoms with van der Waals surface area (Å²) in [4.78, 5) is 11.2. The molecule has 106 valence electrons. The first-order valence-corrected chi connectivity index (χ1v) is 6.49. The van der Waals surface area contributed by atoms with E-state index in [-0.39, 0.29) is 12.0 Å². The second kappa shape index (κ2) is 7.26. The number of hydrogen-bond donors (Lipinski definition) is 2. The van der Waals surface area contributed by atoms with Crippen molar-refractivity contribution in [2.75, 3.05) is 14.2 Å². The Morgan fingerprint density at radius 3 is 2.58 bits per heavy atom. The fourth-order valence-corrected chi connectivity index (χ4v) is 2.02. The zero-order valence-electron chi connectivity index (χ0n) is 12.1. The monoisotopic (exact) mass is 265 g/mol. The molecule has 2 unspecified atom stereocenters. The van der Waals surface area contributed by atoms with Crippen LogP contribution in [-0.4, -0.2) is 31.3 Å². The van der Waals surface area contributed by atoms with Crippen molar-refractivity contribution in [1.82, 2.24) is 5.32 Å². The molecule has 0 aliphatic heterocycles. The van der Waals surface area contributed by atoms with E-state index in [2.05, 4.69) is 10.1 Å². The summed E-state index contributed by atoms with van der Waals surface area (Å²) in [6.07, 6.45) is 0.204. The largest absolute Gasteiger partial charge is 0.469 e. The SMILES string of the molecule is CNC(CCC(=O)OC)C(O)c1ccc(C)c(C)c1. The highest BCUT2D eigenvalue weighted by Crippen LogP contribution is 2.22. The van der Waals surface area contributed by atoms with Crippen molar-refractivity contribution in [2.45, 2.75) is 38.8 Å². The van der Waals surface area contributed by atoms with Crippen LogP contribution in [0.5, 0.6) is 0 Å². The van der Waals surface area contributed by atoms with Crippen molar-refractivity contribution in [3.8, 4) is 0 Å². The van der Waals surface area contributed by atoms with Gasteiger partial charge in [0.15, 0.2) is 0 Å². The van der Waals surface area contributed by atoms with Gasteiger partial charge in [0.2, 0.25) is 0 Å². The number of carbonyl (C=O) groups excluding carboxylic acids is 1. The molecule has 2 atom stereocenters. The highest BCUT2D eigenvalue weighted by molar-refractivity contribution is 5.69. The summed E-state index contributed by atoms with van der Waals surface area (Å²) >= 11 is 0. The van der Waals surface area contributed by atoms with E-state index in [4.69, 9.17) is 0 Å². The lowest BCUT2D eigenvalue weighted by Crippen LogP contribution is -2.32. The lowest BCUT2D eigenvalue weighted by Gasteiger charge is -2.23. The molecule has 0 aliphatic carbocycles. The molecule has 0 radical (unpaired) electrons. The van der Waals surface area contributed by atoms with Crippen molar-refractivity contribution < 1.29 is 14.6 Å². The molecule has 1 aromatic rings. The van der Waals surface area contributed by atoms with E-state index in [9.17, 15) is 9.90 Å². The van der Waals surface area contributed by atoms with Crippen LogP contribution in [0.15, 0.2) is 18.2 Å². The van der Waals surface area contributed by atoms with Gasteiger partial charge in [-0.1, -0.05) is 18.2 Å². The van der Waals surface area contributed by atoms with Gasteiger partial charge in [0.25, 0.3) is 0 Å². The molecular weight excluding hydrogens is 242 g/mol. The normalized spacial score (nSPS) is 13.9. The molecule has 4 heteroatoms. The van der Waals surface area contributed by atoms with Crippen LogP contribution >= 0.6 is 0 Å². The molecule has 0 aromatic heterocycles. The molecule has 19 heavy (non-hydrogen) atoms. The summed E-state index contributed by atoms with van der Waals surface area (Å²) in [7, 11) is 3.16. The van der Waals surface area contributed by atoms with E-state index in [1.807, 2.05) is 32.0 Å². The van der Waals surface area contributed by atoms with Crippen LogP contribution in [0, 0.1) is 13.8 Å². The molecule has 1 rings (SSSR count). The number of hydrogen-bond acceptors (Lipinski definition) is 4. The number of ether oxygens (including phenoxy) is 1. The molecule has 0 bridgehead atoms. The van der Waals surface area contributed by atoms with Gasteiger partial charge in [0, 0.05) is 12.5 Å². The minimum absolute atomic E-state index is 0.166. The van der Waals surface area contributed by atoms with Gasteiger partial charge in [-0.3, -0.25) is 4.79 Å². The fraction of sp³-hybridized carbons (Fsp3) is 0.533. The van der Waals surface area contributed by atoms with E-state index in [1.54, 1.807) is 7.05 Å². The van der Waals surface area contributed by atoms with Crippen LogP contribution in [0.2, 0.25) is 0 Å². The predicted molar refractivity (Wildman–Crippen MR) is 75.0 cm³/mol.